The van der Waals surface area contributed by atoms with Crippen molar-refractivity contribution in [3.05, 3.63) is 27.7 Å². The number of aromatic nitrogens is 1. The molecule has 1 aromatic rings. The average molecular weight is 308 g/mol. The summed E-state index contributed by atoms with van der Waals surface area (Å²) in [7, 11) is 0. The molecule has 1 aromatic heterocycles. The number of hydrogen-bond acceptors (Lipinski definition) is 4. The number of piperidine rings is 1. The molecule has 1 saturated heterocycles. The van der Waals surface area contributed by atoms with Gasteiger partial charge in [-0.3, -0.25) is 14.5 Å². The Hall–Kier alpha value is -1.82. The molecule has 0 aliphatic carbocycles. The lowest BCUT2D eigenvalue weighted by Crippen LogP contribution is -2.34. The van der Waals surface area contributed by atoms with Crippen molar-refractivity contribution >= 4 is 5.97 Å². The summed E-state index contributed by atoms with van der Waals surface area (Å²) >= 11 is 0. The summed E-state index contributed by atoms with van der Waals surface area (Å²) in [4.78, 5) is 24.9. The first-order valence-corrected chi connectivity index (χ1v) is 7.75. The van der Waals surface area contributed by atoms with Gasteiger partial charge >= 0.3 is 5.97 Å². The summed E-state index contributed by atoms with van der Waals surface area (Å²) in [6.07, 6.45) is 2.17. The number of carbonyl (C=O) groups is 1. The molecule has 0 saturated carbocycles. The molecule has 122 valence electrons. The number of rotatable bonds is 5. The minimum Gasteiger partial charge on any atom is -0.503 e. The summed E-state index contributed by atoms with van der Waals surface area (Å²) < 4.78 is 1.75. The summed E-state index contributed by atoms with van der Waals surface area (Å²) in [6.45, 7) is 6.60. The minimum atomic E-state index is -0.893. The molecular formula is C16H24N2O4. The molecule has 1 fully saturated rings. The van der Waals surface area contributed by atoms with Gasteiger partial charge in [0, 0.05) is 24.8 Å². The summed E-state index contributed by atoms with van der Waals surface area (Å²) in [5, 5.41) is 19.0. The third kappa shape index (κ3) is 3.88. The van der Waals surface area contributed by atoms with Crippen LogP contribution in [0.2, 0.25) is 0 Å². The van der Waals surface area contributed by atoms with Crippen LogP contribution in [0.15, 0.2) is 10.9 Å². The fourth-order valence-corrected chi connectivity index (χ4v) is 2.93. The van der Waals surface area contributed by atoms with Crippen molar-refractivity contribution in [1.29, 1.82) is 0 Å². The highest BCUT2D eigenvalue weighted by Gasteiger charge is 2.20. The predicted octanol–water partition coefficient (Wildman–Crippen LogP) is 1.57. The summed E-state index contributed by atoms with van der Waals surface area (Å²) in [5.74, 6) is -0.443. The van der Waals surface area contributed by atoms with Gasteiger partial charge in [-0.2, -0.15) is 0 Å². The fourth-order valence-electron chi connectivity index (χ4n) is 2.93. The lowest BCUT2D eigenvalue weighted by atomic mass is 9.99. The van der Waals surface area contributed by atoms with Crippen LogP contribution in [0, 0.1) is 12.8 Å². The Kier molecular flexibility index (Phi) is 5.24. The van der Waals surface area contributed by atoms with Gasteiger partial charge in [0.1, 0.15) is 0 Å². The van der Waals surface area contributed by atoms with Crippen LogP contribution in [0.3, 0.4) is 0 Å². The van der Waals surface area contributed by atoms with Crippen molar-refractivity contribution in [2.24, 2.45) is 5.92 Å². The highest BCUT2D eigenvalue weighted by molar-refractivity contribution is 5.66. The van der Waals surface area contributed by atoms with Crippen LogP contribution in [0.5, 0.6) is 5.75 Å². The summed E-state index contributed by atoms with van der Waals surface area (Å²) in [6, 6.07) is 1.36. The zero-order valence-corrected chi connectivity index (χ0v) is 13.2. The molecule has 2 N–H and O–H groups in total. The zero-order chi connectivity index (χ0) is 16.3. The van der Waals surface area contributed by atoms with E-state index in [0.717, 1.165) is 25.9 Å². The second-order valence-electron chi connectivity index (χ2n) is 6.20. The number of aromatic hydroxyl groups is 1. The second kappa shape index (κ2) is 6.96. The van der Waals surface area contributed by atoms with Gasteiger partial charge in [0.15, 0.2) is 5.75 Å². The number of nitrogens with zero attached hydrogens (tertiary/aromatic N) is 2. The van der Waals surface area contributed by atoms with E-state index in [1.54, 1.807) is 11.5 Å². The third-order valence-corrected chi connectivity index (χ3v) is 4.40. The molecule has 0 radical (unpaired) electrons. The number of aryl methyl sites for hydroxylation is 1. The van der Waals surface area contributed by atoms with Crippen LogP contribution < -0.4 is 5.43 Å². The molecular weight excluding hydrogens is 284 g/mol. The van der Waals surface area contributed by atoms with E-state index in [2.05, 4.69) is 11.8 Å². The van der Waals surface area contributed by atoms with Crippen LogP contribution in [0.4, 0.5) is 0 Å². The Bertz CT molecular complexity index is 601. The predicted molar refractivity (Wildman–Crippen MR) is 83.0 cm³/mol. The largest absolute Gasteiger partial charge is 0.503 e. The van der Waals surface area contributed by atoms with E-state index in [1.807, 2.05) is 0 Å². The van der Waals surface area contributed by atoms with Crippen LogP contribution in [-0.2, 0) is 17.9 Å². The SMILES string of the molecule is Cc1cc(=O)c(O)c(CN2CCC(C)CC2)n1CCC(=O)O. The zero-order valence-electron chi connectivity index (χ0n) is 13.2. The lowest BCUT2D eigenvalue weighted by Gasteiger charge is -2.31. The van der Waals surface area contributed by atoms with Crippen molar-refractivity contribution in [2.45, 2.75) is 46.2 Å². The molecule has 2 rings (SSSR count). The lowest BCUT2D eigenvalue weighted by molar-refractivity contribution is -0.137. The molecule has 0 bridgehead atoms. The van der Waals surface area contributed by atoms with Crippen LogP contribution >= 0.6 is 0 Å². The molecule has 0 aromatic carbocycles. The summed E-state index contributed by atoms with van der Waals surface area (Å²) in [5.41, 5.74) is 0.815. The Morgan fingerprint density at radius 2 is 2.00 bits per heavy atom. The number of carboxylic acid groups (broad SMARTS) is 1. The van der Waals surface area contributed by atoms with Crippen molar-refractivity contribution in [3.8, 4) is 5.75 Å². The minimum absolute atomic E-state index is 0.0345. The van der Waals surface area contributed by atoms with Gasteiger partial charge in [-0.15, -0.1) is 0 Å². The Labute approximate surface area is 130 Å². The molecule has 0 unspecified atom stereocenters. The van der Waals surface area contributed by atoms with Gasteiger partial charge in [-0.25, -0.2) is 0 Å². The number of likely N-dealkylation sites (tertiary alicyclic amines) is 1. The number of carboxylic acids is 1. The molecule has 6 nitrogen and oxygen atoms in total. The molecule has 0 spiro atoms. The average Bonchev–Trinajstić information content (AvgIpc) is 2.46. The smallest absolute Gasteiger partial charge is 0.305 e. The maximum atomic E-state index is 11.8. The van der Waals surface area contributed by atoms with Gasteiger partial charge in [-0.1, -0.05) is 6.92 Å². The Balaban J connectivity index is 2.26. The van der Waals surface area contributed by atoms with E-state index in [-0.39, 0.29) is 18.7 Å². The molecule has 1 aliphatic rings. The van der Waals surface area contributed by atoms with E-state index < -0.39 is 11.4 Å². The van der Waals surface area contributed by atoms with Gasteiger partial charge < -0.3 is 14.8 Å². The first-order chi connectivity index (χ1) is 10.4. The monoisotopic (exact) mass is 308 g/mol. The fraction of sp³-hybridized carbons (Fsp3) is 0.625. The number of pyridine rings is 1. The highest BCUT2D eigenvalue weighted by Crippen LogP contribution is 2.22. The van der Waals surface area contributed by atoms with E-state index in [4.69, 9.17) is 5.11 Å². The van der Waals surface area contributed by atoms with E-state index in [9.17, 15) is 14.7 Å². The molecule has 22 heavy (non-hydrogen) atoms. The van der Waals surface area contributed by atoms with Crippen LogP contribution in [0.25, 0.3) is 0 Å². The van der Waals surface area contributed by atoms with Crippen molar-refractivity contribution in [2.75, 3.05) is 13.1 Å². The number of hydrogen-bond donors (Lipinski definition) is 2. The highest BCUT2D eigenvalue weighted by atomic mass is 16.4. The standard InChI is InChI=1S/C16H24N2O4/c1-11-3-6-17(7-4-11)10-13-16(22)14(19)9-12(2)18(13)8-5-15(20)21/h9,11,22H,3-8,10H2,1-2H3,(H,20,21). The number of aliphatic carboxylic acids is 1. The van der Waals surface area contributed by atoms with Gasteiger partial charge in [0.25, 0.3) is 0 Å². The Morgan fingerprint density at radius 3 is 2.59 bits per heavy atom. The second-order valence-corrected chi connectivity index (χ2v) is 6.20. The van der Waals surface area contributed by atoms with Crippen LogP contribution in [-0.4, -0.2) is 38.7 Å². The van der Waals surface area contributed by atoms with Crippen molar-refractivity contribution < 1.29 is 15.0 Å². The maximum absolute atomic E-state index is 11.8. The van der Waals surface area contributed by atoms with Gasteiger partial charge in [0.05, 0.1) is 12.1 Å². The topological polar surface area (TPSA) is 82.8 Å². The van der Waals surface area contributed by atoms with Gasteiger partial charge in [0.2, 0.25) is 5.43 Å². The Morgan fingerprint density at radius 1 is 1.36 bits per heavy atom. The normalized spacial score (nSPS) is 16.8. The molecule has 2 heterocycles. The molecule has 6 heteroatoms. The van der Waals surface area contributed by atoms with Gasteiger partial charge in [-0.05, 0) is 38.8 Å². The third-order valence-electron chi connectivity index (χ3n) is 4.40. The van der Waals surface area contributed by atoms with Crippen molar-refractivity contribution in [3.63, 3.8) is 0 Å². The molecule has 1 aliphatic heterocycles. The first kappa shape index (κ1) is 16.5. The van der Waals surface area contributed by atoms with E-state index >= 15 is 0 Å². The first-order valence-electron chi connectivity index (χ1n) is 7.75. The van der Waals surface area contributed by atoms with E-state index in [0.29, 0.717) is 23.9 Å². The molecule has 0 atom stereocenters. The quantitative estimate of drug-likeness (QED) is 0.863. The molecule has 0 amide bonds. The maximum Gasteiger partial charge on any atom is 0.305 e. The van der Waals surface area contributed by atoms with Crippen molar-refractivity contribution in [1.82, 2.24) is 9.47 Å². The van der Waals surface area contributed by atoms with Crippen LogP contribution in [0.1, 0.15) is 37.6 Å². The van der Waals surface area contributed by atoms with E-state index in [1.165, 1.54) is 6.07 Å².